The molecule has 0 aliphatic rings. The van der Waals surface area contributed by atoms with Gasteiger partial charge in [0.25, 0.3) is 0 Å². The summed E-state index contributed by atoms with van der Waals surface area (Å²) < 4.78 is 11.8. The first-order chi connectivity index (χ1) is 8.78. The molecule has 1 aromatic heterocycles. The van der Waals surface area contributed by atoms with Gasteiger partial charge in [-0.15, -0.1) is 0 Å². The van der Waals surface area contributed by atoms with Gasteiger partial charge < -0.3 is 9.47 Å². The van der Waals surface area contributed by atoms with Gasteiger partial charge in [0, 0.05) is 16.9 Å². The maximum Gasteiger partial charge on any atom is 0.119 e. The standard InChI is InChI=1S/C14H14BrNO2/c1-17-14-4-2-3-11(6-14)9-18-10-12-5-13(15)8-16-7-12/h2-8H,9-10H2,1H3. The van der Waals surface area contributed by atoms with Crippen LogP contribution in [0.15, 0.2) is 47.2 Å². The highest BCUT2D eigenvalue weighted by Crippen LogP contribution is 2.15. The van der Waals surface area contributed by atoms with Gasteiger partial charge in [-0.3, -0.25) is 4.98 Å². The molecule has 0 saturated carbocycles. The predicted molar refractivity (Wildman–Crippen MR) is 73.4 cm³/mol. The average molecular weight is 308 g/mol. The minimum Gasteiger partial charge on any atom is -0.497 e. The Morgan fingerprint density at radius 3 is 2.72 bits per heavy atom. The Labute approximate surface area is 115 Å². The van der Waals surface area contributed by atoms with Crippen LogP contribution in [0.3, 0.4) is 0 Å². The number of methoxy groups -OCH3 is 1. The highest BCUT2D eigenvalue weighted by atomic mass is 79.9. The van der Waals surface area contributed by atoms with Crippen molar-refractivity contribution in [3.63, 3.8) is 0 Å². The molecule has 2 rings (SSSR count). The first-order valence-corrected chi connectivity index (χ1v) is 6.37. The van der Waals surface area contributed by atoms with Crippen molar-refractivity contribution in [2.45, 2.75) is 13.2 Å². The van der Waals surface area contributed by atoms with E-state index in [9.17, 15) is 0 Å². The normalized spacial score (nSPS) is 10.3. The smallest absolute Gasteiger partial charge is 0.119 e. The zero-order valence-corrected chi connectivity index (χ0v) is 11.7. The average Bonchev–Trinajstić information content (AvgIpc) is 2.39. The fraction of sp³-hybridized carbons (Fsp3) is 0.214. The molecule has 0 N–H and O–H groups in total. The molecule has 0 spiro atoms. The number of hydrogen-bond donors (Lipinski definition) is 0. The molecular formula is C14H14BrNO2. The van der Waals surface area contributed by atoms with Gasteiger partial charge >= 0.3 is 0 Å². The molecule has 0 bridgehead atoms. The summed E-state index contributed by atoms with van der Waals surface area (Å²) in [4.78, 5) is 4.09. The summed E-state index contributed by atoms with van der Waals surface area (Å²) in [6.07, 6.45) is 3.56. The Hall–Kier alpha value is -1.39. The van der Waals surface area contributed by atoms with E-state index in [-0.39, 0.29) is 0 Å². The van der Waals surface area contributed by atoms with Crippen molar-refractivity contribution in [1.29, 1.82) is 0 Å². The summed E-state index contributed by atoms with van der Waals surface area (Å²) in [6.45, 7) is 1.10. The molecule has 0 aliphatic heterocycles. The van der Waals surface area contributed by atoms with Crippen LogP contribution in [0.25, 0.3) is 0 Å². The molecule has 0 amide bonds. The van der Waals surface area contributed by atoms with E-state index < -0.39 is 0 Å². The van der Waals surface area contributed by atoms with E-state index in [4.69, 9.17) is 9.47 Å². The van der Waals surface area contributed by atoms with Gasteiger partial charge in [0.1, 0.15) is 5.75 Å². The Morgan fingerprint density at radius 2 is 1.94 bits per heavy atom. The van der Waals surface area contributed by atoms with Gasteiger partial charge in [-0.2, -0.15) is 0 Å². The van der Waals surface area contributed by atoms with Crippen LogP contribution in [0.5, 0.6) is 5.75 Å². The fourth-order valence-corrected chi connectivity index (χ4v) is 2.00. The Kier molecular flexibility index (Phi) is 4.73. The van der Waals surface area contributed by atoms with Gasteiger partial charge in [-0.1, -0.05) is 12.1 Å². The van der Waals surface area contributed by atoms with Crippen LogP contribution in [0.2, 0.25) is 0 Å². The molecule has 0 fully saturated rings. The molecular weight excluding hydrogens is 294 g/mol. The fourth-order valence-electron chi connectivity index (χ4n) is 1.58. The Morgan fingerprint density at radius 1 is 1.11 bits per heavy atom. The van der Waals surface area contributed by atoms with E-state index in [0.29, 0.717) is 13.2 Å². The summed E-state index contributed by atoms with van der Waals surface area (Å²) in [5, 5.41) is 0. The Balaban J connectivity index is 1.88. The van der Waals surface area contributed by atoms with Gasteiger partial charge in [-0.25, -0.2) is 0 Å². The van der Waals surface area contributed by atoms with E-state index in [0.717, 1.165) is 21.3 Å². The SMILES string of the molecule is COc1cccc(COCc2cncc(Br)c2)c1. The molecule has 0 saturated heterocycles. The van der Waals surface area contributed by atoms with E-state index >= 15 is 0 Å². The monoisotopic (exact) mass is 307 g/mol. The quantitative estimate of drug-likeness (QED) is 0.846. The lowest BCUT2D eigenvalue weighted by Gasteiger charge is -2.06. The summed E-state index contributed by atoms with van der Waals surface area (Å²) in [6, 6.07) is 9.86. The van der Waals surface area contributed by atoms with Crippen LogP contribution in [0.4, 0.5) is 0 Å². The van der Waals surface area contributed by atoms with E-state index in [2.05, 4.69) is 20.9 Å². The number of benzene rings is 1. The number of rotatable bonds is 5. The second kappa shape index (κ2) is 6.52. The third kappa shape index (κ3) is 3.82. The lowest BCUT2D eigenvalue weighted by Crippen LogP contribution is -1.95. The van der Waals surface area contributed by atoms with E-state index in [1.807, 2.05) is 30.3 Å². The molecule has 0 aliphatic carbocycles. The zero-order chi connectivity index (χ0) is 12.8. The molecule has 94 valence electrons. The lowest BCUT2D eigenvalue weighted by molar-refractivity contribution is 0.107. The number of hydrogen-bond acceptors (Lipinski definition) is 3. The number of nitrogens with zero attached hydrogens (tertiary/aromatic N) is 1. The zero-order valence-electron chi connectivity index (χ0n) is 10.1. The van der Waals surface area contributed by atoms with Crippen molar-refractivity contribution >= 4 is 15.9 Å². The van der Waals surface area contributed by atoms with Crippen LogP contribution in [-0.2, 0) is 18.0 Å². The van der Waals surface area contributed by atoms with Crippen molar-refractivity contribution in [2.24, 2.45) is 0 Å². The maximum atomic E-state index is 5.64. The van der Waals surface area contributed by atoms with Gasteiger partial charge in [-0.05, 0) is 45.3 Å². The third-order valence-corrected chi connectivity index (χ3v) is 2.87. The van der Waals surface area contributed by atoms with Crippen molar-refractivity contribution in [3.05, 3.63) is 58.3 Å². The molecule has 4 heteroatoms. The largest absolute Gasteiger partial charge is 0.497 e. The number of aromatic nitrogens is 1. The molecule has 0 unspecified atom stereocenters. The first-order valence-electron chi connectivity index (χ1n) is 5.58. The number of ether oxygens (including phenoxy) is 2. The topological polar surface area (TPSA) is 31.4 Å². The Bertz CT molecular complexity index is 517. The highest BCUT2D eigenvalue weighted by Gasteiger charge is 1.98. The van der Waals surface area contributed by atoms with Crippen molar-refractivity contribution in [2.75, 3.05) is 7.11 Å². The molecule has 3 nitrogen and oxygen atoms in total. The van der Waals surface area contributed by atoms with Crippen LogP contribution in [-0.4, -0.2) is 12.1 Å². The van der Waals surface area contributed by atoms with Gasteiger partial charge in [0.15, 0.2) is 0 Å². The van der Waals surface area contributed by atoms with Crippen molar-refractivity contribution in [3.8, 4) is 5.75 Å². The molecule has 1 heterocycles. The van der Waals surface area contributed by atoms with Gasteiger partial charge in [0.2, 0.25) is 0 Å². The maximum absolute atomic E-state index is 5.64. The second-order valence-electron chi connectivity index (χ2n) is 3.86. The lowest BCUT2D eigenvalue weighted by atomic mass is 10.2. The van der Waals surface area contributed by atoms with Crippen molar-refractivity contribution in [1.82, 2.24) is 4.98 Å². The first kappa shape index (κ1) is 13.1. The second-order valence-corrected chi connectivity index (χ2v) is 4.77. The molecule has 18 heavy (non-hydrogen) atoms. The van der Waals surface area contributed by atoms with E-state index in [1.165, 1.54) is 0 Å². The summed E-state index contributed by atoms with van der Waals surface area (Å²) in [7, 11) is 1.66. The summed E-state index contributed by atoms with van der Waals surface area (Å²) in [5.41, 5.74) is 2.14. The number of pyridine rings is 1. The van der Waals surface area contributed by atoms with Gasteiger partial charge in [0.05, 0.1) is 20.3 Å². The molecule has 0 atom stereocenters. The molecule has 2 aromatic rings. The molecule has 0 radical (unpaired) electrons. The highest BCUT2D eigenvalue weighted by molar-refractivity contribution is 9.10. The van der Waals surface area contributed by atoms with Crippen LogP contribution < -0.4 is 4.74 Å². The summed E-state index contributed by atoms with van der Waals surface area (Å²) >= 11 is 3.38. The minimum absolute atomic E-state index is 0.545. The van der Waals surface area contributed by atoms with Crippen LogP contribution in [0.1, 0.15) is 11.1 Å². The summed E-state index contributed by atoms with van der Waals surface area (Å²) in [5.74, 6) is 0.847. The number of halogens is 1. The van der Waals surface area contributed by atoms with Crippen molar-refractivity contribution < 1.29 is 9.47 Å². The van der Waals surface area contributed by atoms with Crippen LogP contribution >= 0.6 is 15.9 Å². The predicted octanol–water partition coefficient (Wildman–Crippen LogP) is 3.57. The van der Waals surface area contributed by atoms with Crippen LogP contribution in [0, 0.1) is 0 Å². The molecule has 1 aromatic carbocycles. The minimum atomic E-state index is 0.545. The van der Waals surface area contributed by atoms with E-state index in [1.54, 1.807) is 19.5 Å². The third-order valence-electron chi connectivity index (χ3n) is 2.43.